The molecular formula is C12H10FN3O5. The van der Waals surface area contributed by atoms with Gasteiger partial charge in [-0.1, -0.05) is 0 Å². The molecule has 110 valence electrons. The van der Waals surface area contributed by atoms with E-state index in [4.69, 9.17) is 5.11 Å². The number of benzene rings is 1. The number of halogens is 1. The molecule has 21 heavy (non-hydrogen) atoms. The molecule has 1 aliphatic heterocycles. The Bertz CT molecular complexity index is 658. The fourth-order valence-corrected chi connectivity index (χ4v) is 1.77. The van der Waals surface area contributed by atoms with Crippen molar-refractivity contribution in [3.05, 3.63) is 45.9 Å². The van der Waals surface area contributed by atoms with Gasteiger partial charge < -0.3 is 10.4 Å². The number of aliphatic hydroxyl groups is 1. The van der Waals surface area contributed by atoms with Crippen molar-refractivity contribution < 1.29 is 24.0 Å². The first-order valence-corrected chi connectivity index (χ1v) is 5.83. The second kappa shape index (κ2) is 5.67. The molecule has 0 atom stereocenters. The predicted octanol–water partition coefficient (Wildman–Crippen LogP) is 0.391. The molecule has 8 nitrogen and oxygen atoms in total. The number of carbonyl (C=O) groups is 2. The number of non-ortho nitro benzene ring substituents is 1. The largest absolute Gasteiger partial charge is 0.395 e. The number of β-amino-alcohol motifs (C(OH)–C–C–N with tert-alkyl or cyclic N) is 1. The maximum atomic E-state index is 13.7. The summed E-state index contributed by atoms with van der Waals surface area (Å²) < 4.78 is 13.7. The standard InChI is InChI=1S/C12H10FN3O5/c13-8-5-7(16(20)21)1-2-9(8)14-10-6-11(18)15(3-4-17)12(10)19/h1-2,5-6,14,17H,3-4H2. The van der Waals surface area contributed by atoms with Crippen molar-refractivity contribution in [3.8, 4) is 0 Å². The Morgan fingerprint density at radius 1 is 1.38 bits per heavy atom. The summed E-state index contributed by atoms with van der Waals surface area (Å²) in [6.07, 6.45) is 0.971. The number of hydrogen-bond donors (Lipinski definition) is 2. The summed E-state index contributed by atoms with van der Waals surface area (Å²) in [5.74, 6) is -2.25. The number of anilines is 1. The summed E-state index contributed by atoms with van der Waals surface area (Å²) in [5, 5.41) is 21.7. The average molecular weight is 295 g/mol. The number of nitrogens with zero attached hydrogens (tertiary/aromatic N) is 2. The minimum atomic E-state index is -0.925. The van der Waals surface area contributed by atoms with Crippen LogP contribution in [0.25, 0.3) is 0 Å². The zero-order chi connectivity index (χ0) is 15.6. The van der Waals surface area contributed by atoms with Crippen molar-refractivity contribution in [2.45, 2.75) is 0 Å². The summed E-state index contributed by atoms with van der Waals surface area (Å²) in [6, 6.07) is 2.87. The van der Waals surface area contributed by atoms with Gasteiger partial charge in [0.05, 0.1) is 29.8 Å². The highest BCUT2D eigenvalue weighted by Crippen LogP contribution is 2.23. The summed E-state index contributed by atoms with van der Waals surface area (Å²) in [4.78, 5) is 33.9. The van der Waals surface area contributed by atoms with E-state index in [-0.39, 0.29) is 24.5 Å². The Labute approximate surface area is 117 Å². The van der Waals surface area contributed by atoms with Crippen LogP contribution in [0.2, 0.25) is 0 Å². The first-order valence-electron chi connectivity index (χ1n) is 5.83. The quantitative estimate of drug-likeness (QED) is 0.461. The first-order chi connectivity index (χ1) is 9.93. The van der Waals surface area contributed by atoms with Crippen LogP contribution in [0.3, 0.4) is 0 Å². The maximum absolute atomic E-state index is 13.7. The molecule has 1 aromatic carbocycles. The molecule has 2 N–H and O–H groups in total. The van der Waals surface area contributed by atoms with Crippen LogP contribution in [0, 0.1) is 15.9 Å². The van der Waals surface area contributed by atoms with Crippen LogP contribution in [0.4, 0.5) is 15.8 Å². The molecule has 0 unspecified atom stereocenters. The molecule has 1 heterocycles. The van der Waals surface area contributed by atoms with Crippen LogP contribution in [0.15, 0.2) is 30.0 Å². The van der Waals surface area contributed by atoms with Gasteiger partial charge in [-0.25, -0.2) is 4.39 Å². The highest BCUT2D eigenvalue weighted by atomic mass is 19.1. The Morgan fingerprint density at radius 3 is 2.67 bits per heavy atom. The van der Waals surface area contributed by atoms with Crippen molar-refractivity contribution in [2.75, 3.05) is 18.5 Å². The van der Waals surface area contributed by atoms with E-state index in [1.807, 2.05) is 0 Å². The number of hydrogen-bond acceptors (Lipinski definition) is 6. The Hall–Kier alpha value is -2.81. The lowest BCUT2D eigenvalue weighted by atomic mass is 10.2. The summed E-state index contributed by atoms with van der Waals surface area (Å²) in [7, 11) is 0. The van der Waals surface area contributed by atoms with E-state index in [2.05, 4.69) is 5.32 Å². The number of amides is 2. The highest BCUT2D eigenvalue weighted by Gasteiger charge is 2.31. The van der Waals surface area contributed by atoms with Crippen LogP contribution in [-0.2, 0) is 9.59 Å². The third kappa shape index (κ3) is 2.87. The molecule has 1 aromatic rings. The molecule has 1 aliphatic rings. The second-order valence-electron chi connectivity index (χ2n) is 4.12. The number of imide groups is 1. The van der Waals surface area contributed by atoms with E-state index in [1.54, 1.807) is 0 Å². The van der Waals surface area contributed by atoms with Gasteiger partial charge in [0.1, 0.15) is 5.70 Å². The molecule has 0 saturated heterocycles. The normalized spacial score (nSPS) is 14.4. The van der Waals surface area contributed by atoms with Crippen molar-refractivity contribution >= 4 is 23.2 Å². The maximum Gasteiger partial charge on any atom is 0.277 e. The zero-order valence-corrected chi connectivity index (χ0v) is 10.6. The highest BCUT2D eigenvalue weighted by molar-refractivity contribution is 6.17. The first kappa shape index (κ1) is 14.6. The van der Waals surface area contributed by atoms with Crippen LogP contribution in [-0.4, -0.2) is 39.9 Å². The van der Waals surface area contributed by atoms with Gasteiger partial charge in [-0.3, -0.25) is 24.6 Å². The van der Waals surface area contributed by atoms with E-state index in [0.29, 0.717) is 6.07 Å². The smallest absolute Gasteiger partial charge is 0.277 e. The molecule has 0 saturated carbocycles. The Kier molecular flexibility index (Phi) is 3.94. The molecule has 9 heteroatoms. The fraction of sp³-hybridized carbons (Fsp3) is 0.167. The monoisotopic (exact) mass is 295 g/mol. The molecular weight excluding hydrogens is 285 g/mol. The lowest BCUT2D eigenvalue weighted by Crippen LogP contribution is -2.34. The van der Waals surface area contributed by atoms with Gasteiger partial charge in [0, 0.05) is 12.1 Å². The molecule has 0 radical (unpaired) electrons. The molecule has 0 aromatic heterocycles. The summed E-state index contributed by atoms with van der Waals surface area (Å²) >= 11 is 0. The number of nitrogens with one attached hydrogen (secondary N) is 1. The number of aliphatic hydroxyl groups excluding tert-OH is 1. The third-order valence-electron chi connectivity index (χ3n) is 2.77. The third-order valence-corrected chi connectivity index (χ3v) is 2.77. The summed E-state index contributed by atoms with van der Waals surface area (Å²) in [5.41, 5.74) is -0.761. The van der Waals surface area contributed by atoms with Gasteiger partial charge in [-0.05, 0) is 6.07 Å². The van der Waals surface area contributed by atoms with Crippen molar-refractivity contribution in [2.24, 2.45) is 0 Å². The lowest BCUT2D eigenvalue weighted by molar-refractivity contribution is -0.385. The van der Waals surface area contributed by atoms with Gasteiger partial charge in [-0.15, -0.1) is 0 Å². The molecule has 0 fully saturated rings. The van der Waals surface area contributed by atoms with E-state index < -0.39 is 28.2 Å². The Balaban J connectivity index is 2.20. The van der Waals surface area contributed by atoms with Crippen LogP contribution in [0.5, 0.6) is 0 Å². The van der Waals surface area contributed by atoms with Gasteiger partial charge in [0.25, 0.3) is 17.5 Å². The van der Waals surface area contributed by atoms with E-state index in [0.717, 1.165) is 23.1 Å². The SMILES string of the molecule is O=C1C=C(Nc2ccc([N+](=O)[O-])cc2F)C(=O)N1CCO. The van der Waals surface area contributed by atoms with Gasteiger partial charge in [0.2, 0.25) is 0 Å². The van der Waals surface area contributed by atoms with Crippen LogP contribution >= 0.6 is 0 Å². The lowest BCUT2D eigenvalue weighted by Gasteiger charge is -2.13. The molecule has 0 aliphatic carbocycles. The predicted molar refractivity (Wildman–Crippen MR) is 68.6 cm³/mol. The number of rotatable bonds is 5. The van der Waals surface area contributed by atoms with E-state index >= 15 is 0 Å². The van der Waals surface area contributed by atoms with E-state index in [9.17, 15) is 24.1 Å². The van der Waals surface area contributed by atoms with Crippen LogP contribution < -0.4 is 5.32 Å². The molecule has 0 bridgehead atoms. The molecule has 2 amide bonds. The minimum Gasteiger partial charge on any atom is -0.395 e. The number of nitro groups is 1. The van der Waals surface area contributed by atoms with Gasteiger partial charge in [0.15, 0.2) is 5.82 Å². The number of carbonyl (C=O) groups excluding carboxylic acids is 2. The van der Waals surface area contributed by atoms with Crippen molar-refractivity contribution in [1.82, 2.24) is 4.90 Å². The fourth-order valence-electron chi connectivity index (χ4n) is 1.77. The average Bonchev–Trinajstić information content (AvgIpc) is 2.69. The van der Waals surface area contributed by atoms with Crippen molar-refractivity contribution in [1.29, 1.82) is 0 Å². The Morgan fingerprint density at radius 2 is 2.10 bits per heavy atom. The minimum absolute atomic E-state index is 0.165. The second-order valence-corrected chi connectivity index (χ2v) is 4.12. The zero-order valence-electron chi connectivity index (χ0n) is 10.6. The van der Waals surface area contributed by atoms with Gasteiger partial charge >= 0.3 is 0 Å². The van der Waals surface area contributed by atoms with Crippen LogP contribution in [0.1, 0.15) is 0 Å². The molecule has 0 spiro atoms. The van der Waals surface area contributed by atoms with Gasteiger partial charge in [-0.2, -0.15) is 0 Å². The molecule has 2 rings (SSSR count). The van der Waals surface area contributed by atoms with E-state index in [1.165, 1.54) is 0 Å². The summed E-state index contributed by atoms with van der Waals surface area (Å²) in [6.45, 7) is -0.549. The van der Waals surface area contributed by atoms with Crippen molar-refractivity contribution in [3.63, 3.8) is 0 Å². The topological polar surface area (TPSA) is 113 Å². The number of nitro benzene ring substituents is 1.